The number of phenolic OH excluding ortho intramolecular Hbond substituents is 5. The van der Waals surface area contributed by atoms with Crippen molar-refractivity contribution in [3.8, 4) is 74.7 Å². The van der Waals surface area contributed by atoms with Crippen LogP contribution >= 0.6 is 0 Å². The highest BCUT2D eigenvalue weighted by Gasteiger charge is 2.23. The molecule has 9 aromatic carbocycles. The number of methoxy groups -OCH3 is 4. The third-order valence-electron chi connectivity index (χ3n) is 18.7. The van der Waals surface area contributed by atoms with Crippen molar-refractivity contribution in [3.05, 3.63) is 269 Å². The first kappa shape index (κ1) is 70.0. The number of H-pyrrole nitrogens is 6. The van der Waals surface area contributed by atoms with Gasteiger partial charge in [0.15, 0.2) is 74.7 Å². The van der Waals surface area contributed by atoms with Crippen molar-refractivity contribution in [2.45, 2.75) is 33.5 Å². The molecular formula is C85H76N8O14. The van der Waals surface area contributed by atoms with Crippen LogP contribution in [-0.4, -0.2) is 100 Å². The number of aryl methyl sites for hydroxylation is 3. The molecule has 0 spiro atoms. The Bertz CT molecular complexity index is 6070. The molecule has 0 radical (unpaired) electrons. The largest absolute Gasteiger partial charge is 0.504 e. The number of fused-ring (bicyclic) bond motifs is 12. The predicted octanol–water partition coefficient (Wildman–Crippen LogP) is 17.5. The number of benzene rings is 9. The summed E-state index contributed by atoms with van der Waals surface area (Å²) in [5.74, 6) is 5.30. The van der Waals surface area contributed by atoms with Gasteiger partial charge >= 0.3 is 0 Å². The summed E-state index contributed by atoms with van der Waals surface area (Å²) < 4.78 is 45.7. The SMILES string of the molecule is COc1cc2[nH]c3c(C)nccc3c2cc1OC.COc1cc2ccn(C)c2cc1OC.Cc1[nH]ccc2c1[nH]c1cc(=O)c(O)cc12.Oc1cc2c(cc1O)C(c1c[nH]c3cc(O)c(O)cc13)=CC2.c1cc2cc3c(cc2[nH]1)OCO3.c1ccc(COc2cc3cc[nH]c3cc2OCc2ccccc2)cc1. The maximum atomic E-state index is 11.3. The van der Waals surface area contributed by atoms with Crippen LogP contribution in [0, 0.1) is 13.8 Å². The number of aromatic amines is 6. The molecule has 0 unspecified atom stereocenters. The molecule has 9 heterocycles. The molecule has 2 aliphatic rings. The molecule has 17 aromatic rings. The Morgan fingerprint density at radius 2 is 1.02 bits per heavy atom. The van der Waals surface area contributed by atoms with Crippen LogP contribution in [0.15, 0.2) is 224 Å². The summed E-state index contributed by atoms with van der Waals surface area (Å²) in [5, 5.41) is 56.4. The fourth-order valence-electron chi connectivity index (χ4n) is 13.1. The van der Waals surface area contributed by atoms with Crippen LogP contribution in [0.2, 0.25) is 0 Å². The first-order chi connectivity index (χ1) is 52.0. The van der Waals surface area contributed by atoms with Crippen molar-refractivity contribution in [3.63, 3.8) is 0 Å². The highest BCUT2D eigenvalue weighted by atomic mass is 16.7. The molecular weight excluding hydrogens is 1360 g/mol. The monoisotopic (exact) mass is 1430 g/mol. The fraction of sp³-hybridized carbons (Fsp3) is 0.129. The molecule has 0 saturated heterocycles. The normalized spacial score (nSPS) is 11.7. The van der Waals surface area contributed by atoms with Gasteiger partial charge in [0.05, 0.1) is 61.7 Å². The van der Waals surface area contributed by atoms with E-state index in [1.807, 2.05) is 167 Å². The summed E-state index contributed by atoms with van der Waals surface area (Å²) in [6.07, 6.45) is 14.0. The quantitative estimate of drug-likeness (QED) is 0.0537. The Hall–Kier alpha value is -14.0. The second-order valence-corrected chi connectivity index (χ2v) is 25.4. The zero-order valence-electron chi connectivity index (χ0n) is 59.4. The third kappa shape index (κ3) is 14.7. The first-order valence-corrected chi connectivity index (χ1v) is 34.1. The van der Waals surface area contributed by atoms with Gasteiger partial charge in [0, 0.05) is 152 Å². The van der Waals surface area contributed by atoms with Crippen LogP contribution in [0.25, 0.3) is 92.8 Å². The number of phenols is 5. The van der Waals surface area contributed by atoms with Gasteiger partial charge in [0.25, 0.3) is 0 Å². The number of aromatic nitrogens is 8. The van der Waals surface area contributed by atoms with E-state index >= 15 is 0 Å². The second kappa shape index (κ2) is 30.5. The van der Waals surface area contributed by atoms with Crippen molar-refractivity contribution in [2.75, 3.05) is 35.2 Å². The Kier molecular flexibility index (Phi) is 20.0. The lowest BCUT2D eigenvalue weighted by atomic mass is 9.98. The predicted molar refractivity (Wildman–Crippen MR) is 417 cm³/mol. The van der Waals surface area contributed by atoms with Gasteiger partial charge in [0.1, 0.15) is 13.2 Å². The minimum atomic E-state index is -0.360. The molecule has 1 aliphatic heterocycles. The van der Waals surface area contributed by atoms with Crippen LogP contribution in [-0.2, 0) is 26.7 Å². The van der Waals surface area contributed by atoms with Gasteiger partial charge in [-0.1, -0.05) is 66.7 Å². The number of nitrogens with one attached hydrogen (secondary N) is 6. The van der Waals surface area contributed by atoms with Crippen LogP contribution < -0.4 is 43.3 Å². The maximum Gasteiger partial charge on any atom is 0.231 e. The number of ether oxygens (including phenoxy) is 8. The minimum absolute atomic E-state index is 0.130. The van der Waals surface area contributed by atoms with E-state index in [2.05, 4.69) is 69.8 Å². The molecule has 19 rings (SSSR count). The number of allylic oxidation sites excluding steroid dienone is 1. The van der Waals surface area contributed by atoms with E-state index < -0.39 is 0 Å². The van der Waals surface area contributed by atoms with Gasteiger partial charge in [-0.15, -0.1) is 0 Å². The number of pyridine rings is 2. The van der Waals surface area contributed by atoms with E-state index in [0.717, 1.165) is 172 Å². The molecule has 107 heavy (non-hydrogen) atoms. The van der Waals surface area contributed by atoms with Gasteiger partial charge in [-0.2, -0.15) is 0 Å². The average molecular weight is 1430 g/mol. The Morgan fingerprint density at radius 1 is 0.467 bits per heavy atom. The van der Waals surface area contributed by atoms with Gasteiger partial charge in [-0.3, -0.25) is 9.78 Å². The molecule has 22 heteroatoms. The van der Waals surface area contributed by atoms with Crippen LogP contribution in [0.5, 0.6) is 74.7 Å². The number of aromatic hydroxyl groups is 5. The molecule has 540 valence electrons. The number of nitrogens with zero attached hydrogens (tertiary/aromatic N) is 2. The van der Waals surface area contributed by atoms with Crippen molar-refractivity contribution < 1.29 is 63.4 Å². The lowest BCUT2D eigenvalue weighted by molar-refractivity contribution is 0.174. The summed E-state index contributed by atoms with van der Waals surface area (Å²) in [6, 6.07) is 55.2. The van der Waals surface area contributed by atoms with Crippen molar-refractivity contribution in [1.82, 2.24) is 39.5 Å². The van der Waals surface area contributed by atoms with Crippen molar-refractivity contribution in [1.29, 1.82) is 0 Å². The maximum absolute atomic E-state index is 11.3. The van der Waals surface area contributed by atoms with Crippen molar-refractivity contribution in [2.24, 2.45) is 7.05 Å². The van der Waals surface area contributed by atoms with Gasteiger partial charge in [-0.25, -0.2) is 0 Å². The summed E-state index contributed by atoms with van der Waals surface area (Å²) in [5.41, 5.74) is 15.2. The van der Waals surface area contributed by atoms with E-state index in [1.54, 1.807) is 46.8 Å². The third-order valence-corrected chi connectivity index (χ3v) is 18.7. The summed E-state index contributed by atoms with van der Waals surface area (Å²) in [4.78, 5) is 34.7. The minimum Gasteiger partial charge on any atom is -0.504 e. The molecule has 0 fully saturated rings. The molecule has 0 atom stereocenters. The number of hydrogen-bond donors (Lipinski definition) is 11. The Morgan fingerprint density at radius 3 is 1.73 bits per heavy atom. The van der Waals surface area contributed by atoms with Gasteiger partial charge in [-0.05, 0) is 127 Å². The average Bonchev–Trinajstić information content (AvgIpc) is 1.64. The first-order valence-electron chi connectivity index (χ1n) is 34.1. The zero-order chi connectivity index (χ0) is 74.4. The van der Waals surface area contributed by atoms with E-state index in [4.69, 9.17) is 37.9 Å². The lowest BCUT2D eigenvalue weighted by Gasteiger charge is -2.13. The number of hydrogen-bond acceptors (Lipinski definition) is 15. The van der Waals surface area contributed by atoms with E-state index in [1.165, 1.54) is 24.3 Å². The summed E-state index contributed by atoms with van der Waals surface area (Å²) >= 11 is 0. The van der Waals surface area contributed by atoms with E-state index in [9.17, 15) is 30.3 Å². The smallest absolute Gasteiger partial charge is 0.231 e. The molecule has 22 nitrogen and oxygen atoms in total. The molecule has 11 N–H and O–H groups in total. The van der Waals surface area contributed by atoms with Crippen LogP contribution in [0.1, 0.15) is 39.2 Å². The zero-order valence-corrected chi connectivity index (χ0v) is 59.4. The van der Waals surface area contributed by atoms with E-state index in [0.29, 0.717) is 31.9 Å². The van der Waals surface area contributed by atoms with Crippen LogP contribution in [0.3, 0.4) is 0 Å². The molecule has 8 aromatic heterocycles. The summed E-state index contributed by atoms with van der Waals surface area (Å²) in [6.45, 7) is 5.30. The number of rotatable bonds is 11. The topological polar surface area (TPSA) is 305 Å². The summed E-state index contributed by atoms with van der Waals surface area (Å²) in [7, 11) is 8.58. The highest BCUT2D eigenvalue weighted by Crippen LogP contribution is 2.44. The van der Waals surface area contributed by atoms with E-state index in [-0.39, 0.29) is 34.2 Å². The van der Waals surface area contributed by atoms with Crippen molar-refractivity contribution >= 4 is 92.8 Å². The molecule has 0 amide bonds. The van der Waals surface area contributed by atoms with Gasteiger partial charge < -0.3 is 97.9 Å². The highest BCUT2D eigenvalue weighted by molar-refractivity contribution is 6.10. The lowest BCUT2D eigenvalue weighted by Crippen LogP contribution is -2.00. The second-order valence-electron chi connectivity index (χ2n) is 25.4. The Labute approximate surface area is 611 Å². The Balaban J connectivity index is 0.000000109. The standard InChI is InChI=1S/C22H19NO2.C17H13NO4.C14H14N2O2.C12H10N2O2.C11H13NO2.C9H7NO2/c1-3-7-17(8-4-1)15-24-21-13-19-11-12-23-20(19)14-22(21)25-16-18-9-5-2-6-10-18;19-14-3-8-1-2-9(10(8)4-15(14)20)12-7-18-13-6-17(22)16(21)5-11(12)13;1-8-14-9(4-5-15-8)10-6-12(17-2)13(18-3)7-11(10)16-14;1-6-12-7(2-3-13-6)8-4-10(15)11(16)5-9(8)14-12;1-12-5-4-8-6-10(13-2)11(14-3)7-9(8)12;1-2-10-7-4-9-8(3-6(1)7)11-5-12-9/h1-14,23H,15-16H2;2-7,18-22H,1H2;4-7,16H,1-3H3;2-5,13-15H,1H3;4-7H,1-3H3;1-4,10H,5H2. The van der Waals surface area contributed by atoms with Crippen LogP contribution in [0.4, 0.5) is 0 Å². The van der Waals surface area contributed by atoms with Gasteiger partial charge in [0.2, 0.25) is 12.2 Å². The fourth-order valence-corrected chi connectivity index (χ4v) is 13.1. The molecule has 0 bridgehead atoms. The molecule has 0 saturated carbocycles. The molecule has 1 aliphatic carbocycles.